The SMILES string of the molecule is O=C(CCc1ccccc1)NC1CCN(C(=O)c2ccn(-c3ccc([N+](=O)[O-])cc3)n2)CC1. The van der Waals surface area contributed by atoms with Crippen LogP contribution in [-0.4, -0.2) is 50.5 Å². The third kappa shape index (κ3) is 5.62. The van der Waals surface area contributed by atoms with Gasteiger partial charge in [0.2, 0.25) is 5.91 Å². The van der Waals surface area contributed by atoms with E-state index in [0.29, 0.717) is 50.2 Å². The molecular formula is C24H25N5O4. The summed E-state index contributed by atoms with van der Waals surface area (Å²) in [6.07, 6.45) is 4.22. The van der Waals surface area contributed by atoms with Crippen molar-refractivity contribution in [3.8, 4) is 5.69 Å². The number of aryl methyl sites for hydroxylation is 1. The van der Waals surface area contributed by atoms with Crippen molar-refractivity contribution in [2.24, 2.45) is 0 Å². The van der Waals surface area contributed by atoms with Gasteiger partial charge in [0.25, 0.3) is 11.6 Å². The fourth-order valence-electron chi connectivity index (χ4n) is 3.90. The largest absolute Gasteiger partial charge is 0.353 e. The number of rotatable bonds is 7. The lowest BCUT2D eigenvalue weighted by Gasteiger charge is -2.32. The lowest BCUT2D eigenvalue weighted by Crippen LogP contribution is -2.46. The fraction of sp³-hybridized carbons (Fsp3) is 0.292. The molecule has 2 heterocycles. The smallest absolute Gasteiger partial charge is 0.274 e. The quantitative estimate of drug-likeness (QED) is 0.442. The van der Waals surface area contributed by atoms with Crippen LogP contribution in [0.4, 0.5) is 5.69 Å². The Balaban J connectivity index is 1.26. The van der Waals surface area contributed by atoms with E-state index in [4.69, 9.17) is 0 Å². The molecule has 33 heavy (non-hydrogen) atoms. The molecule has 2 amide bonds. The molecule has 2 aromatic carbocycles. The molecule has 4 rings (SSSR count). The average Bonchev–Trinajstić information content (AvgIpc) is 3.34. The number of amides is 2. The Morgan fingerprint density at radius 2 is 1.73 bits per heavy atom. The summed E-state index contributed by atoms with van der Waals surface area (Å²) >= 11 is 0. The van der Waals surface area contributed by atoms with Gasteiger partial charge in [-0.15, -0.1) is 0 Å². The van der Waals surface area contributed by atoms with Crippen molar-refractivity contribution in [3.63, 3.8) is 0 Å². The minimum Gasteiger partial charge on any atom is -0.353 e. The molecule has 1 aliphatic heterocycles. The van der Waals surface area contributed by atoms with Gasteiger partial charge in [0.1, 0.15) is 0 Å². The highest BCUT2D eigenvalue weighted by Crippen LogP contribution is 2.17. The molecule has 0 saturated carbocycles. The van der Waals surface area contributed by atoms with Gasteiger partial charge >= 0.3 is 0 Å². The molecule has 0 unspecified atom stereocenters. The molecule has 9 heteroatoms. The molecule has 1 aromatic heterocycles. The van der Waals surface area contributed by atoms with Gasteiger partial charge in [-0.05, 0) is 43.0 Å². The second-order valence-corrected chi connectivity index (χ2v) is 8.04. The van der Waals surface area contributed by atoms with Crippen LogP contribution in [0.15, 0.2) is 66.9 Å². The predicted molar refractivity (Wildman–Crippen MR) is 122 cm³/mol. The molecule has 0 aliphatic carbocycles. The Hall–Kier alpha value is -4.01. The number of carbonyl (C=O) groups excluding carboxylic acids is 2. The van der Waals surface area contributed by atoms with Crippen LogP contribution in [0.25, 0.3) is 5.69 Å². The van der Waals surface area contributed by atoms with Gasteiger partial charge in [0, 0.05) is 43.9 Å². The van der Waals surface area contributed by atoms with E-state index in [-0.39, 0.29) is 23.5 Å². The number of nitrogens with zero attached hydrogens (tertiary/aromatic N) is 4. The van der Waals surface area contributed by atoms with Crippen LogP contribution >= 0.6 is 0 Å². The zero-order valence-electron chi connectivity index (χ0n) is 18.1. The standard InChI is InChI=1S/C24H25N5O4/c30-23(11-6-18-4-2-1-3-5-18)25-19-12-15-27(16-13-19)24(31)22-14-17-28(26-22)20-7-9-21(10-8-20)29(32)33/h1-5,7-10,14,17,19H,6,11-13,15-16H2,(H,25,30). The topological polar surface area (TPSA) is 110 Å². The summed E-state index contributed by atoms with van der Waals surface area (Å²) in [5.74, 6) is -0.130. The van der Waals surface area contributed by atoms with Crippen LogP contribution in [0.5, 0.6) is 0 Å². The molecule has 1 fully saturated rings. The zero-order chi connectivity index (χ0) is 23.2. The van der Waals surface area contributed by atoms with E-state index in [1.807, 2.05) is 30.3 Å². The second kappa shape index (κ2) is 10.1. The Kier molecular flexibility index (Phi) is 6.77. The Bertz CT molecular complexity index is 1120. The molecule has 0 atom stereocenters. The molecule has 3 aromatic rings. The van der Waals surface area contributed by atoms with Gasteiger partial charge in [-0.25, -0.2) is 4.68 Å². The third-order valence-electron chi connectivity index (χ3n) is 5.76. The molecular weight excluding hydrogens is 422 g/mol. The Morgan fingerprint density at radius 3 is 2.39 bits per heavy atom. The molecule has 170 valence electrons. The number of aromatic nitrogens is 2. The summed E-state index contributed by atoms with van der Waals surface area (Å²) in [5, 5.41) is 18.2. The number of carbonyl (C=O) groups is 2. The maximum atomic E-state index is 12.8. The number of piperidine rings is 1. The number of nitro groups is 1. The van der Waals surface area contributed by atoms with Crippen molar-refractivity contribution >= 4 is 17.5 Å². The molecule has 1 aliphatic rings. The number of nitro benzene ring substituents is 1. The number of nitrogens with one attached hydrogen (secondary N) is 1. The lowest BCUT2D eigenvalue weighted by molar-refractivity contribution is -0.384. The second-order valence-electron chi connectivity index (χ2n) is 8.04. The summed E-state index contributed by atoms with van der Waals surface area (Å²) in [5.41, 5.74) is 2.09. The van der Waals surface area contributed by atoms with Crippen LogP contribution in [0.1, 0.15) is 35.3 Å². The first-order chi connectivity index (χ1) is 16.0. The molecule has 1 saturated heterocycles. The van der Waals surface area contributed by atoms with E-state index >= 15 is 0 Å². The van der Waals surface area contributed by atoms with E-state index < -0.39 is 4.92 Å². The molecule has 0 radical (unpaired) electrons. The van der Waals surface area contributed by atoms with Crippen molar-refractivity contribution in [3.05, 3.63) is 88.2 Å². The average molecular weight is 447 g/mol. The molecule has 9 nitrogen and oxygen atoms in total. The van der Waals surface area contributed by atoms with Gasteiger partial charge in [-0.1, -0.05) is 30.3 Å². The first-order valence-electron chi connectivity index (χ1n) is 10.9. The van der Waals surface area contributed by atoms with Gasteiger partial charge in [-0.2, -0.15) is 5.10 Å². The Morgan fingerprint density at radius 1 is 1.03 bits per heavy atom. The number of non-ortho nitro benzene ring substituents is 1. The highest BCUT2D eigenvalue weighted by atomic mass is 16.6. The van der Waals surface area contributed by atoms with E-state index in [0.717, 1.165) is 5.56 Å². The van der Waals surface area contributed by atoms with Crippen molar-refractivity contribution < 1.29 is 14.5 Å². The normalized spacial score (nSPS) is 14.1. The highest BCUT2D eigenvalue weighted by Gasteiger charge is 2.26. The summed E-state index contributed by atoms with van der Waals surface area (Å²) in [6.45, 7) is 1.10. The van der Waals surface area contributed by atoms with Gasteiger partial charge in [0.05, 0.1) is 10.6 Å². The predicted octanol–water partition coefficient (Wildman–Crippen LogP) is 3.13. The fourth-order valence-corrected chi connectivity index (χ4v) is 3.90. The van der Waals surface area contributed by atoms with E-state index in [9.17, 15) is 19.7 Å². The first kappa shape index (κ1) is 22.2. The summed E-state index contributed by atoms with van der Waals surface area (Å²) in [4.78, 5) is 37.2. The van der Waals surface area contributed by atoms with Gasteiger partial charge in [-0.3, -0.25) is 19.7 Å². The monoisotopic (exact) mass is 447 g/mol. The number of hydrogen-bond donors (Lipinski definition) is 1. The minimum absolute atomic E-state index is 0.00256. The number of hydrogen-bond acceptors (Lipinski definition) is 5. The summed E-state index contributed by atoms with van der Waals surface area (Å²) < 4.78 is 1.52. The zero-order valence-corrected chi connectivity index (χ0v) is 18.1. The van der Waals surface area contributed by atoms with Crippen molar-refractivity contribution in [2.75, 3.05) is 13.1 Å². The third-order valence-corrected chi connectivity index (χ3v) is 5.76. The van der Waals surface area contributed by atoms with Crippen LogP contribution in [0.3, 0.4) is 0 Å². The van der Waals surface area contributed by atoms with E-state index in [1.165, 1.54) is 16.8 Å². The van der Waals surface area contributed by atoms with Crippen molar-refractivity contribution in [1.29, 1.82) is 0 Å². The van der Waals surface area contributed by atoms with Gasteiger partial charge < -0.3 is 10.2 Å². The molecule has 1 N–H and O–H groups in total. The van der Waals surface area contributed by atoms with Crippen molar-refractivity contribution in [2.45, 2.75) is 31.7 Å². The number of likely N-dealkylation sites (tertiary alicyclic amines) is 1. The maximum Gasteiger partial charge on any atom is 0.274 e. The van der Waals surface area contributed by atoms with E-state index in [1.54, 1.807) is 29.3 Å². The summed E-state index contributed by atoms with van der Waals surface area (Å²) in [6, 6.07) is 17.6. The number of benzene rings is 2. The summed E-state index contributed by atoms with van der Waals surface area (Å²) in [7, 11) is 0. The Labute approximate surface area is 191 Å². The van der Waals surface area contributed by atoms with Gasteiger partial charge in [0.15, 0.2) is 5.69 Å². The van der Waals surface area contributed by atoms with Crippen LogP contribution < -0.4 is 5.32 Å². The maximum absolute atomic E-state index is 12.8. The minimum atomic E-state index is -0.461. The first-order valence-corrected chi connectivity index (χ1v) is 10.9. The molecule has 0 spiro atoms. The highest BCUT2D eigenvalue weighted by molar-refractivity contribution is 5.92. The van der Waals surface area contributed by atoms with Crippen LogP contribution in [-0.2, 0) is 11.2 Å². The van der Waals surface area contributed by atoms with E-state index in [2.05, 4.69) is 10.4 Å². The van der Waals surface area contributed by atoms with Crippen LogP contribution in [0, 0.1) is 10.1 Å². The lowest BCUT2D eigenvalue weighted by atomic mass is 10.0. The molecule has 0 bridgehead atoms. The van der Waals surface area contributed by atoms with Crippen molar-refractivity contribution in [1.82, 2.24) is 20.0 Å². The van der Waals surface area contributed by atoms with Crippen LogP contribution in [0.2, 0.25) is 0 Å².